The zero-order valence-electron chi connectivity index (χ0n) is 14.9. The fraction of sp³-hybridized carbons (Fsp3) is 0.263. The molecule has 0 radical (unpaired) electrons. The van der Waals surface area contributed by atoms with Gasteiger partial charge in [-0.2, -0.15) is 0 Å². The van der Waals surface area contributed by atoms with Gasteiger partial charge in [-0.15, -0.1) is 10.2 Å². The lowest BCUT2D eigenvalue weighted by Gasteiger charge is -2.35. The number of aromatic nitrogens is 4. The Hall–Kier alpha value is -3.29. The van der Waals surface area contributed by atoms with Crippen LogP contribution >= 0.6 is 0 Å². The Morgan fingerprint density at radius 1 is 1.00 bits per heavy atom. The minimum atomic E-state index is -0.250. The molecule has 2 aromatic heterocycles. The molecule has 1 amide bonds. The van der Waals surface area contributed by atoms with Crippen molar-refractivity contribution in [2.24, 2.45) is 0 Å². The minimum Gasteiger partial charge on any atom is -0.368 e. The molecule has 0 atom stereocenters. The van der Waals surface area contributed by atoms with Gasteiger partial charge in [0.15, 0.2) is 11.5 Å². The SMILES string of the molecule is Cc1nccn1-c1ccc(C(=O)N2CCN(c3ccc(F)cc3)CC2)nn1. The maximum absolute atomic E-state index is 13.1. The Balaban J connectivity index is 1.40. The molecule has 1 saturated heterocycles. The molecule has 1 aliphatic rings. The molecule has 138 valence electrons. The molecule has 4 rings (SSSR count). The second kappa shape index (κ2) is 7.14. The number of hydrogen-bond donors (Lipinski definition) is 0. The summed E-state index contributed by atoms with van der Waals surface area (Å²) in [6, 6.07) is 9.88. The maximum Gasteiger partial charge on any atom is 0.274 e. The molecule has 8 heteroatoms. The Morgan fingerprint density at radius 3 is 2.33 bits per heavy atom. The summed E-state index contributed by atoms with van der Waals surface area (Å²) in [7, 11) is 0. The van der Waals surface area contributed by atoms with E-state index in [1.165, 1.54) is 12.1 Å². The van der Waals surface area contributed by atoms with Crippen LogP contribution in [-0.2, 0) is 0 Å². The van der Waals surface area contributed by atoms with E-state index in [2.05, 4.69) is 20.1 Å². The molecule has 3 aromatic rings. The van der Waals surface area contributed by atoms with E-state index in [1.54, 1.807) is 41.6 Å². The normalized spacial score (nSPS) is 14.4. The van der Waals surface area contributed by atoms with Gasteiger partial charge in [-0.05, 0) is 43.3 Å². The number of aryl methyl sites for hydroxylation is 1. The molecule has 1 aromatic carbocycles. The molecule has 1 aliphatic heterocycles. The van der Waals surface area contributed by atoms with Gasteiger partial charge in [0.1, 0.15) is 11.6 Å². The van der Waals surface area contributed by atoms with Gasteiger partial charge in [0.2, 0.25) is 0 Å². The molecule has 1 fully saturated rings. The number of halogens is 1. The van der Waals surface area contributed by atoms with E-state index in [0.29, 0.717) is 37.7 Å². The highest BCUT2D eigenvalue weighted by Crippen LogP contribution is 2.18. The molecular weight excluding hydrogens is 347 g/mol. The molecule has 27 heavy (non-hydrogen) atoms. The van der Waals surface area contributed by atoms with E-state index in [-0.39, 0.29) is 11.7 Å². The standard InChI is InChI=1S/C19H19FN6O/c1-14-21-8-9-26(14)18-7-6-17(22-23-18)19(27)25-12-10-24(11-13-25)16-4-2-15(20)3-5-16/h2-9H,10-13H2,1H3. The van der Waals surface area contributed by atoms with Gasteiger partial charge >= 0.3 is 0 Å². The monoisotopic (exact) mass is 366 g/mol. The van der Waals surface area contributed by atoms with Crippen LogP contribution in [0, 0.1) is 12.7 Å². The molecular formula is C19H19FN6O. The Labute approximate surface area is 156 Å². The summed E-state index contributed by atoms with van der Waals surface area (Å²) in [5.41, 5.74) is 1.29. The van der Waals surface area contributed by atoms with Gasteiger partial charge in [-0.1, -0.05) is 0 Å². The first-order chi connectivity index (χ1) is 13.1. The molecule has 0 spiro atoms. The molecule has 3 heterocycles. The van der Waals surface area contributed by atoms with E-state index in [1.807, 2.05) is 11.5 Å². The zero-order valence-corrected chi connectivity index (χ0v) is 14.9. The lowest BCUT2D eigenvalue weighted by molar-refractivity contribution is 0.0739. The number of hydrogen-bond acceptors (Lipinski definition) is 5. The fourth-order valence-corrected chi connectivity index (χ4v) is 3.17. The van der Waals surface area contributed by atoms with Gasteiger partial charge in [-0.3, -0.25) is 9.36 Å². The first-order valence-corrected chi connectivity index (χ1v) is 8.76. The smallest absolute Gasteiger partial charge is 0.274 e. The quantitative estimate of drug-likeness (QED) is 0.710. The van der Waals surface area contributed by atoms with Crippen LogP contribution in [-0.4, -0.2) is 56.7 Å². The van der Waals surface area contributed by atoms with E-state index in [0.717, 1.165) is 11.5 Å². The fourth-order valence-electron chi connectivity index (χ4n) is 3.17. The van der Waals surface area contributed by atoms with Crippen LogP contribution in [0.5, 0.6) is 0 Å². The van der Waals surface area contributed by atoms with E-state index in [9.17, 15) is 9.18 Å². The average Bonchev–Trinajstić information content (AvgIpc) is 3.14. The zero-order chi connectivity index (χ0) is 18.8. The topological polar surface area (TPSA) is 67.2 Å². The van der Waals surface area contributed by atoms with Gasteiger partial charge in [0, 0.05) is 44.3 Å². The second-order valence-corrected chi connectivity index (χ2v) is 6.38. The highest BCUT2D eigenvalue weighted by atomic mass is 19.1. The highest BCUT2D eigenvalue weighted by Gasteiger charge is 2.23. The summed E-state index contributed by atoms with van der Waals surface area (Å²) in [6.07, 6.45) is 3.49. The van der Waals surface area contributed by atoms with Crippen molar-refractivity contribution >= 4 is 11.6 Å². The predicted octanol–water partition coefficient (Wildman–Crippen LogP) is 2.07. The first-order valence-electron chi connectivity index (χ1n) is 8.76. The van der Waals surface area contributed by atoms with Crippen molar-refractivity contribution in [1.29, 1.82) is 0 Å². The molecule has 0 aliphatic carbocycles. The summed E-state index contributed by atoms with van der Waals surface area (Å²) in [5, 5.41) is 8.24. The number of carbonyl (C=O) groups excluding carboxylic acids is 1. The molecule has 0 unspecified atom stereocenters. The van der Waals surface area contributed by atoms with E-state index < -0.39 is 0 Å². The third-order valence-corrected chi connectivity index (χ3v) is 4.70. The number of imidazole rings is 1. The number of anilines is 1. The molecule has 0 bridgehead atoms. The van der Waals surface area contributed by atoms with Crippen LogP contribution in [0.15, 0.2) is 48.8 Å². The predicted molar refractivity (Wildman–Crippen MR) is 98.4 cm³/mol. The Kier molecular flexibility index (Phi) is 4.53. The van der Waals surface area contributed by atoms with E-state index in [4.69, 9.17) is 0 Å². The number of piperazine rings is 1. The van der Waals surface area contributed by atoms with Crippen LogP contribution in [0.2, 0.25) is 0 Å². The third kappa shape index (κ3) is 3.51. The Bertz CT molecular complexity index is 930. The summed E-state index contributed by atoms with van der Waals surface area (Å²) in [4.78, 5) is 20.8. The van der Waals surface area contributed by atoms with Crippen LogP contribution in [0.25, 0.3) is 5.82 Å². The van der Waals surface area contributed by atoms with Crippen molar-refractivity contribution in [1.82, 2.24) is 24.6 Å². The minimum absolute atomic E-state index is 0.129. The van der Waals surface area contributed by atoms with Crippen molar-refractivity contribution in [3.63, 3.8) is 0 Å². The van der Waals surface area contributed by atoms with Gasteiger partial charge in [-0.25, -0.2) is 9.37 Å². The number of rotatable bonds is 3. The number of carbonyl (C=O) groups is 1. The second-order valence-electron chi connectivity index (χ2n) is 6.38. The number of benzene rings is 1. The average molecular weight is 366 g/mol. The van der Waals surface area contributed by atoms with Gasteiger partial charge < -0.3 is 9.80 Å². The number of nitrogens with zero attached hydrogens (tertiary/aromatic N) is 6. The Morgan fingerprint density at radius 2 is 1.74 bits per heavy atom. The largest absolute Gasteiger partial charge is 0.368 e. The van der Waals surface area contributed by atoms with Crippen molar-refractivity contribution in [2.75, 3.05) is 31.1 Å². The van der Waals surface area contributed by atoms with Crippen molar-refractivity contribution in [3.05, 3.63) is 66.1 Å². The van der Waals surface area contributed by atoms with Crippen LogP contribution in [0.1, 0.15) is 16.3 Å². The summed E-state index contributed by atoms with van der Waals surface area (Å²) in [5.74, 6) is 1.05. The van der Waals surface area contributed by atoms with Crippen molar-refractivity contribution in [3.8, 4) is 5.82 Å². The lowest BCUT2D eigenvalue weighted by Crippen LogP contribution is -2.49. The van der Waals surface area contributed by atoms with Gasteiger partial charge in [0.25, 0.3) is 5.91 Å². The third-order valence-electron chi connectivity index (χ3n) is 4.70. The summed E-state index contributed by atoms with van der Waals surface area (Å²) in [6.45, 7) is 4.43. The lowest BCUT2D eigenvalue weighted by atomic mass is 10.2. The highest BCUT2D eigenvalue weighted by molar-refractivity contribution is 5.92. The van der Waals surface area contributed by atoms with Crippen molar-refractivity contribution < 1.29 is 9.18 Å². The molecule has 0 saturated carbocycles. The summed E-state index contributed by atoms with van der Waals surface area (Å²) < 4.78 is 14.9. The van der Waals surface area contributed by atoms with Crippen molar-refractivity contribution in [2.45, 2.75) is 6.92 Å². The van der Waals surface area contributed by atoms with Gasteiger partial charge in [0.05, 0.1) is 0 Å². The molecule has 7 nitrogen and oxygen atoms in total. The van der Waals surface area contributed by atoms with Crippen LogP contribution in [0.3, 0.4) is 0 Å². The number of amides is 1. The van der Waals surface area contributed by atoms with E-state index >= 15 is 0 Å². The maximum atomic E-state index is 13.1. The first kappa shape index (κ1) is 17.1. The van der Waals surface area contributed by atoms with Crippen LogP contribution in [0.4, 0.5) is 10.1 Å². The summed E-state index contributed by atoms with van der Waals surface area (Å²) >= 11 is 0. The van der Waals surface area contributed by atoms with Crippen LogP contribution < -0.4 is 4.90 Å². The molecule has 0 N–H and O–H groups in total.